The predicted octanol–water partition coefficient (Wildman–Crippen LogP) is 15.3. The van der Waals surface area contributed by atoms with E-state index in [1.54, 1.807) is 9.13 Å². The summed E-state index contributed by atoms with van der Waals surface area (Å²) in [6.07, 6.45) is 6.36. The van der Waals surface area contributed by atoms with E-state index in [2.05, 4.69) is 135 Å². The molecule has 6 aromatic carbocycles. The van der Waals surface area contributed by atoms with E-state index in [0.717, 1.165) is 83.9 Å². The summed E-state index contributed by atoms with van der Waals surface area (Å²) in [7, 11) is 9.78. The number of carboxylic acid groups (broad SMARTS) is 1. The third kappa shape index (κ3) is 31.8. The Kier molecular flexibility index (Phi) is 36.8. The summed E-state index contributed by atoms with van der Waals surface area (Å²) in [5.74, 6) is 0.341. The summed E-state index contributed by atoms with van der Waals surface area (Å²) in [6, 6.07) is 50.7. The Morgan fingerprint density at radius 3 is 1.16 bits per heavy atom. The second kappa shape index (κ2) is 44.7. The zero-order chi connectivity index (χ0) is 80.8. The second-order valence-electron chi connectivity index (χ2n) is 33.8. The van der Waals surface area contributed by atoms with Gasteiger partial charge in [0.1, 0.15) is 13.5 Å². The quantitative estimate of drug-likeness (QED) is 0.0177. The number of nitrogens with two attached hydrogens (primary N) is 1. The standard InChI is InChI=1S/C31H47N3O4Si.C25H33N3O3.C18H31N3O3Si.C13H18O2/c1-23(2)17-26(25-11-9-8-10-12-25)20-30(35)32-21-27(33(3)4)18-24-13-14-28-29(19-24)38-31(36)34(28)22-37-15-16-39(5,6)7;1-17(2)12-20(19-8-6-5-7-9-19)15-24(29)26-16-21(28(3)4)13-18-10-11-22-23(14-18)31-25(30)27-22;1-20(2)15(12-19)10-14-6-7-16-17(11-14)24-18(22)21(16)13-23-8-9-25(3,4)5;1-10(2)8-12(9-13(14)15)11-6-4-3-5-7-11/h8-14,19,23,26-27H,15-18,20-22H2,1-7H3,(H,32,35);5-11,14,17,20-21H,12-13,15-16H2,1-4H3,(H,26,29)(H,27,30);6-7,11,15H,8-10,12-13,19H2,1-5H3;3-7,10,12H,8-9H2,1-2H3,(H,14,15)/t26-,27-;20-,21-;15-;12-/m0000/s1. The minimum absolute atomic E-state index is 0.0732. The van der Waals surface area contributed by atoms with Crippen LogP contribution in [0.15, 0.2) is 173 Å². The third-order valence-corrected chi connectivity index (χ3v) is 23.1. The van der Waals surface area contributed by atoms with Gasteiger partial charge in [0, 0.05) is 80.0 Å². The maximum atomic E-state index is 13.0. The first-order valence-corrected chi connectivity index (χ1v) is 46.6. The molecule has 23 heteroatoms. The van der Waals surface area contributed by atoms with E-state index >= 15 is 0 Å². The summed E-state index contributed by atoms with van der Waals surface area (Å²) >= 11 is 0. The van der Waals surface area contributed by atoms with Gasteiger partial charge in [-0.2, -0.15) is 0 Å². The second-order valence-corrected chi connectivity index (χ2v) is 45.0. The normalized spacial score (nSPS) is 13.6. The summed E-state index contributed by atoms with van der Waals surface area (Å²) in [5.41, 5.74) is 16.6. The van der Waals surface area contributed by atoms with Crippen LogP contribution < -0.4 is 33.6 Å². The number of aromatic amines is 1. The van der Waals surface area contributed by atoms with E-state index in [4.69, 9.17) is 33.6 Å². The molecule has 0 saturated carbocycles. The number of ether oxygens (including phenoxy) is 2. The molecule has 0 aliphatic heterocycles. The van der Waals surface area contributed by atoms with Gasteiger partial charge in [0.25, 0.3) is 0 Å². The van der Waals surface area contributed by atoms with Crippen LogP contribution in [0, 0.1) is 17.8 Å². The molecule has 0 aliphatic carbocycles. The molecule has 0 saturated heterocycles. The van der Waals surface area contributed by atoms with Crippen molar-refractivity contribution in [3.05, 3.63) is 211 Å². The van der Waals surface area contributed by atoms with Crippen molar-refractivity contribution < 1.29 is 42.2 Å². The lowest BCUT2D eigenvalue weighted by molar-refractivity contribution is -0.137. The molecule has 6 N–H and O–H groups in total. The van der Waals surface area contributed by atoms with Crippen molar-refractivity contribution in [3.8, 4) is 0 Å². The van der Waals surface area contributed by atoms with Crippen molar-refractivity contribution in [1.82, 2.24) is 39.5 Å². The number of nitrogens with zero attached hydrogens (tertiary/aromatic N) is 5. The number of aromatic nitrogens is 3. The number of nitrogens with one attached hydrogen (secondary N) is 3. The number of H-pyrrole nitrogens is 1. The molecule has 110 heavy (non-hydrogen) atoms. The number of carbonyl (C=O) groups is 3. The van der Waals surface area contributed by atoms with E-state index in [1.807, 2.05) is 164 Å². The summed E-state index contributed by atoms with van der Waals surface area (Å²) in [5, 5.41) is 15.2. The molecule has 602 valence electrons. The monoisotopic (exact) mass is 1550 g/mol. The van der Waals surface area contributed by atoms with Crippen molar-refractivity contribution in [3.63, 3.8) is 0 Å². The van der Waals surface area contributed by atoms with Crippen LogP contribution >= 0.6 is 0 Å². The summed E-state index contributed by atoms with van der Waals surface area (Å²) in [6.45, 7) is 30.3. The predicted molar refractivity (Wildman–Crippen MR) is 452 cm³/mol. The zero-order valence-corrected chi connectivity index (χ0v) is 71.0. The van der Waals surface area contributed by atoms with Crippen molar-refractivity contribution in [1.29, 1.82) is 0 Å². The van der Waals surface area contributed by atoms with Gasteiger partial charge in [-0.1, -0.05) is 190 Å². The lowest BCUT2D eigenvalue weighted by atomic mass is 9.87. The molecule has 9 aromatic rings. The number of rotatable bonds is 39. The molecule has 3 aromatic heterocycles. The molecule has 2 amide bonds. The first-order chi connectivity index (χ1) is 52.0. The Hall–Kier alpha value is -8.27. The topological polar surface area (TPSA) is 266 Å². The molecular weight excluding hydrogens is 1420 g/mol. The molecular formula is C87H129N9O12Si2. The number of aliphatic carboxylic acids is 1. The van der Waals surface area contributed by atoms with Crippen LogP contribution in [0.4, 0.5) is 0 Å². The van der Waals surface area contributed by atoms with E-state index in [0.29, 0.717) is 85.7 Å². The lowest BCUT2D eigenvalue weighted by Gasteiger charge is -2.25. The molecule has 21 nitrogen and oxygen atoms in total. The van der Waals surface area contributed by atoms with E-state index in [9.17, 15) is 28.8 Å². The lowest BCUT2D eigenvalue weighted by Crippen LogP contribution is -2.41. The number of oxazole rings is 3. The fourth-order valence-corrected chi connectivity index (χ4v) is 14.7. The maximum Gasteiger partial charge on any atom is 0.421 e. The van der Waals surface area contributed by atoms with Gasteiger partial charge in [0.2, 0.25) is 11.8 Å². The fraction of sp³-hybridized carbons (Fsp3) is 0.517. The average Bonchev–Trinajstić information content (AvgIpc) is 1.59. The number of benzene rings is 6. The highest BCUT2D eigenvalue weighted by atomic mass is 28.3. The van der Waals surface area contributed by atoms with Gasteiger partial charge in [-0.3, -0.25) is 19.4 Å². The van der Waals surface area contributed by atoms with Crippen LogP contribution in [-0.2, 0) is 56.6 Å². The van der Waals surface area contributed by atoms with Crippen LogP contribution in [-0.4, -0.2) is 161 Å². The number of fused-ring (bicyclic) bond motifs is 3. The molecule has 0 aliphatic rings. The number of hydrogen-bond donors (Lipinski definition) is 5. The average molecular weight is 1550 g/mol. The highest BCUT2D eigenvalue weighted by Crippen LogP contribution is 2.31. The molecule has 0 fully saturated rings. The van der Waals surface area contributed by atoms with Gasteiger partial charge < -0.3 is 58.9 Å². The highest BCUT2D eigenvalue weighted by molar-refractivity contribution is 6.76. The Bertz CT molecular complexity index is 4400. The Labute approximate surface area is 654 Å². The van der Waals surface area contributed by atoms with E-state index < -0.39 is 33.6 Å². The first-order valence-electron chi connectivity index (χ1n) is 39.2. The molecule has 0 unspecified atom stereocenters. The molecule has 0 spiro atoms. The summed E-state index contributed by atoms with van der Waals surface area (Å²) < 4.78 is 30.7. The molecule has 9 rings (SSSR count). The van der Waals surface area contributed by atoms with Crippen molar-refractivity contribution in [2.24, 2.45) is 23.5 Å². The fourth-order valence-electron chi connectivity index (χ4n) is 13.2. The van der Waals surface area contributed by atoms with Crippen molar-refractivity contribution >= 4 is 67.2 Å². The van der Waals surface area contributed by atoms with Crippen molar-refractivity contribution in [2.75, 3.05) is 75.1 Å². The van der Waals surface area contributed by atoms with Crippen molar-refractivity contribution in [2.45, 2.75) is 200 Å². The van der Waals surface area contributed by atoms with E-state index in [-0.39, 0.29) is 73.3 Å². The zero-order valence-electron chi connectivity index (χ0n) is 69.0. The number of carbonyl (C=O) groups excluding carboxylic acids is 2. The minimum atomic E-state index is -1.19. The highest BCUT2D eigenvalue weighted by Gasteiger charge is 2.25. The molecule has 0 bridgehead atoms. The number of amides is 2. The van der Waals surface area contributed by atoms with Gasteiger partial charge >= 0.3 is 23.2 Å². The molecule has 6 atom stereocenters. The van der Waals surface area contributed by atoms with Crippen LogP contribution in [0.2, 0.25) is 51.4 Å². The number of hydrogen-bond acceptors (Lipinski definition) is 15. The van der Waals surface area contributed by atoms with Gasteiger partial charge in [-0.05, 0) is 198 Å². The Balaban J connectivity index is 0.000000240. The first kappa shape index (κ1) is 90.6. The SMILES string of the molecule is CC(C)C[C@@H](CC(=O)NC[C@H](Cc1ccc2[nH]c(=O)oc2c1)N(C)C)c1ccccc1.CC(C)C[C@@H](CC(=O)NC[C@H](Cc1ccc2c(c1)oc(=O)n2COCC[Si](C)(C)C)N(C)C)c1ccccc1.CC(C)C[C@@H](CC(=O)O)c1ccccc1.CN(C)[C@H](CN)Cc1ccc2c(c1)oc(=O)n2COCC[Si](C)(C)C. The Morgan fingerprint density at radius 1 is 0.482 bits per heavy atom. The molecule has 3 heterocycles. The van der Waals surface area contributed by atoms with Crippen LogP contribution in [0.1, 0.15) is 131 Å². The largest absolute Gasteiger partial charge is 0.481 e. The van der Waals surface area contributed by atoms with Crippen LogP contribution in [0.25, 0.3) is 33.3 Å². The van der Waals surface area contributed by atoms with Gasteiger partial charge in [0.05, 0.1) is 23.0 Å². The summed E-state index contributed by atoms with van der Waals surface area (Å²) in [4.78, 5) is 81.5. The smallest absolute Gasteiger partial charge is 0.421 e. The van der Waals surface area contributed by atoms with Gasteiger partial charge in [-0.15, -0.1) is 0 Å². The number of carboxylic acids is 1. The third-order valence-electron chi connectivity index (χ3n) is 19.7. The minimum Gasteiger partial charge on any atom is -0.481 e. The molecule has 0 radical (unpaired) electrons. The van der Waals surface area contributed by atoms with Gasteiger partial charge in [0.15, 0.2) is 16.7 Å². The van der Waals surface area contributed by atoms with Gasteiger partial charge in [-0.25, -0.2) is 23.5 Å². The number of likely N-dealkylation sites (N-methyl/N-ethyl adjacent to an activating group) is 3. The maximum absolute atomic E-state index is 13.0. The van der Waals surface area contributed by atoms with Crippen LogP contribution in [0.3, 0.4) is 0 Å². The van der Waals surface area contributed by atoms with E-state index in [1.165, 1.54) is 11.1 Å². The Morgan fingerprint density at radius 2 is 0.827 bits per heavy atom. The van der Waals surface area contributed by atoms with Crippen LogP contribution in [0.5, 0.6) is 0 Å².